The Kier molecular flexibility index (Phi) is 6.01. The number of rotatable bonds is 7. The van der Waals surface area contributed by atoms with E-state index in [0.717, 1.165) is 5.56 Å². The number of ether oxygens (including phenoxy) is 2. The second-order valence-electron chi connectivity index (χ2n) is 5.96. The van der Waals surface area contributed by atoms with Crippen molar-refractivity contribution in [3.63, 3.8) is 0 Å². The normalized spacial score (nSPS) is 10.2. The highest BCUT2D eigenvalue weighted by atomic mass is 19.1. The SMILES string of the molecule is COc1ccc(C=O)cc1C(=O)NCc1ccc(Oc2ccc(F)cc2)cc1. The highest BCUT2D eigenvalue weighted by Crippen LogP contribution is 2.22. The monoisotopic (exact) mass is 379 g/mol. The van der Waals surface area contributed by atoms with Gasteiger partial charge < -0.3 is 14.8 Å². The molecule has 0 aliphatic heterocycles. The second-order valence-corrected chi connectivity index (χ2v) is 5.96. The van der Waals surface area contributed by atoms with Gasteiger partial charge in [-0.25, -0.2) is 4.39 Å². The van der Waals surface area contributed by atoms with Crippen molar-refractivity contribution in [2.75, 3.05) is 7.11 Å². The van der Waals surface area contributed by atoms with Crippen LogP contribution in [0.3, 0.4) is 0 Å². The summed E-state index contributed by atoms with van der Waals surface area (Å²) in [7, 11) is 1.46. The third-order valence-corrected chi connectivity index (χ3v) is 4.03. The van der Waals surface area contributed by atoms with Crippen LogP contribution in [0.5, 0.6) is 17.2 Å². The van der Waals surface area contributed by atoms with Crippen molar-refractivity contribution in [2.45, 2.75) is 6.54 Å². The number of carbonyl (C=O) groups excluding carboxylic acids is 2. The fourth-order valence-electron chi connectivity index (χ4n) is 2.57. The van der Waals surface area contributed by atoms with E-state index in [9.17, 15) is 14.0 Å². The van der Waals surface area contributed by atoms with Gasteiger partial charge in [-0.3, -0.25) is 9.59 Å². The number of benzene rings is 3. The molecular weight excluding hydrogens is 361 g/mol. The van der Waals surface area contributed by atoms with Gasteiger partial charge >= 0.3 is 0 Å². The predicted octanol–water partition coefficient (Wildman–Crippen LogP) is 4.37. The fraction of sp³-hybridized carbons (Fsp3) is 0.0909. The van der Waals surface area contributed by atoms with Gasteiger partial charge in [0.25, 0.3) is 5.91 Å². The third kappa shape index (κ3) is 4.73. The first-order valence-corrected chi connectivity index (χ1v) is 8.53. The van der Waals surface area contributed by atoms with Crippen molar-refractivity contribution in [3.05, 3.63) is 89.2 Å². The number of amides is 1. The number of aldehydes is 1. The Hall–Kier alpha value is -3.67. The molecule has 5 nitrogen and oxygen atoms in total. The molecule has 3 rings (SSSR count). The van der Waals surface area contributed by atoms with Crippen LogP contribution < -0.4 is 14.8 Å². The van der Waals surface area contributed by atoms with Gasteiger partial charge in [0, 0.05) is 12.1 Å². The molecule has 0 bridgehead atoms. The van der Waals surface area contributed by atoms with E-state index in [1.807, 2.05) is 12.1 Å². The van der Waals surface area contributed by atoms with Crippen LogP contribution in [0, 0.1) is 5.82 Å². The molecule has 0 aromatic heterocycles. The lowest BCUT2D eigenvalue weighted by molar-refractivity contribution is 0.0948. The van der Waals surface area contributed by atoms with E-state index in [4.69, 9.17) is 9.47 Å². The number of hydrogen-bond donors (Lipinski definition) is 1. The first-order valence-electron chi connectivity index (χ1n) is 8.53. The van der Waals surface area contributed by atoms with Gasteiger partial charge in [-0.05, 0) is 60.2 Å². The summed E-state index contributed by atoms with van der Waals surface area (Å²) in [6.07, 6.45) is 0.677. The summed E-state index contributed by atoms with van der Waals surface area (Å²) in [6, 6.07) is 17.6. The molecule has 6 heteroatoms. The molecule has 0 saturated heterocycles. The van der Waals surface area contributed by atoms with Gasteiger partial charge in [0.15, 0.2) is 0 Å². The molecule has 28 heavy (non-hydrogen) atoms. The molecule has 3 aromatic rings. The molecule has 142 valence electrons. The maximum Gasteiger partial charge on any atom is 0.255 e. The maximum absolute atomic E-state index is 12.9. The maximum atomic E-state index is 12.9. The van der Waals surface area contributed by atoms with Gasteiger partial charge in [0.2, 0.25) is 0 Å². The zero-order valence-corrected chi connectivity index (χ0v) is 15.1. The van der Waals surface area contributed by atoms with Crippen molar-refractivity contribution in [1.29, 1.82) is 0 Å². The van der Waals surface area contributed by atoms with Gasteiger partial charge in [0.1, 0.15) is 29.4 Å². The standard InChI is InChI=1S/C22H18FNO4/c1-27-21-11-4-16(14-25)12-20(21)22(26)24-13-15-2-7-18(8-3-15)28-19-9-5-17(23)6-10-19/h2-12,14H,13H2,1H3,(H,24,26). The van der Waals surface area contributed by atoms with Crippen LogP contribution in [0.1, 0.15) is 26.3 Å². The molecule has 1 N–H and O–H groups in total. The van der Waals surface area contributed by atoms with Crippen molar-refractivity contribution < 1.29 is 23.5 Å². The Balaban J connectivity index is 1.62. The molecule has 1 amide bonds. The molecule has 3 aromatic carbocycles. The highest BCUT2D eigenvalue weighted by Gasteiger charge is 2.13. The summed E-state index contributed by atoms with van der Waals surface area (Å²) in [6.45, 7) is 0.296. The number of halogens is 1. The van der Waals surface area contributed by atoms with Gasteiger partial charge in [-0.15, -0.1) is 0 Å². The topological polar surface area (TPSA) is 64.6 Å². The summed E-state index contributed by atoms with van der Waals surface area (Å²) in [5.41, 5.74) is 1.56. The van der Waals surface area contributed by atoms with Gasteiger partial charge in [0.05, 0.1) is 12.7 Å². The van der Waals surface area contributed by atoms with Crippen LogP contribution in [-0.4, -0.2) is 19.3 Å². The van der Waals surface area contributed by atoms with E-state index in [1.165, 1.54) is 25.3 Å². The minimum Gasteiger partial charge on any atom is -0.496 e. The number of carbonyl (C=O) groups is 2. The van der Waals surface area contributed by atoms with Crippen LogP contribution >= 0.6 is 0 Å². The highest BCUT2D eigenvalue weighted by molar-refractivity contribution is 5.98. The van der Waals surface area contributed by atoms with Crippen LogP contribution in [0.15, 0.2) is 66.7 Å². The van der Waals surface area contributed by atoms with E-state index in [-0.39, 0.29) is 11.7 Å². The minimum absolute atomic E-state index is 0.295. The molecule has 0 spiro atoms. The molecule has 0 fully saturated rings. The lowest BCUT2D eigenvalue weighted by Crippen LogP contribution is -2.23. The van der Waals surface area contributed by atoms with E-state index < -0.39 is 0 Å². The predicted molar refractivity (Wildman–Crippen MR) is 102 cm³/mol. The molecule has 0 heterocycles. The zero-order chi connectivity index (χ0) is 19.9. The van der Waals surface area contributed by atoms with Crippen LogP contribution in [0.2, 0.25) is 0 Å². The lowest BCUT2D eigenvalue weighted by atomic mass is 10.1. The van der Waals surface area contributed by atoms with Crippen molar-refractivity contribution >= 4 is 12.2 Å². The number of methoxy groups -OCH3 is 1. The lowest BCUT2D eigenvalue weighted by Gasteiger charge is -2.11. The average Bonchev–Trinajstić information content (AvgIpc) is 2.74. The average molecular weight is 379 g/mol. The van der Waals surface area contributed by atoms with E-state index in [2.05, 4.69) is 5.32 Å². The summed E-state index contributed by atoms with van der Waals surface area (Å²) in [5, 5.41) is 2.80. The van der Waals surface area contributed by atoms with Crippen LogP contribution in [-0.2, 0) is 6.54 Å². The Morgan fingerprint density at radius 2 is 1.64 bits per heavy atom. The van der Waals surface area contributed by atoms with E-state index in [1.54, 1.807) is 36.4 Å². The minimum atomic E-state index is -0.341. The van der Waals surface area contributed by atoms with Crippen molar-refractivity contribution in [1.82, 2.24) is 5.32 Å². The Morgan fingerprint density at radius 3 is 2.25 bits per heavy atom. The molecular formula is C22H18FNO4. The first-order chi connectivity index (χ1) is 13.6. The summed E-state index contributed by atoms with van der Waals surface area (Å²) in [4.78, 5) is 23.4. The Labute approximate surface area is 161 Å². The Morgan fingerprint density at radius 1 is 1.00 bits per heavy atom. The largest absolute Gasteiger partial charge is 0.496 e. The quantitative estimate of drug-likeness (QED) is 0.619. The van der Waals surface area contributed by atoms with Crippen LogP contribution in [0.4, 0.5) is 4.39 Å². The molecule has 0 aliphatic carbocycles. The zero-order valence-electron chi connectivity index (χ0n) is 15.1. The number of nitrogens with one attached hydrogen (secondary N) is 1. The fourth-order valence-corrected chi connectivity index (χ4v) is 2.57. The summed E-state index contributed by atoms with van der Waals surface area (Å²) in [5.74, 6) is 0.860. The van der Waals surface area contributed by atoms with Crippen molar-refractivity contribution in [3.8, 4) is 17.2 Å². The Bertz CT molecular complexity index is 969. The van der Waals surface area contributed by atoms with Crippen LogP contribution in [0.25, 0.3) is 0 Å². The van der Waals surface area contributed by atoms with E-state index >= 15 is 0 Å². The summed E-state index contributed by atoms with van der Waals surface area (Å²) >= 11 is 0. The third-order valence-electron chi connectivity index (χ3n) is 4.03. The molecule has 0 saturated carbocycles. The molecule has 0 aliphatic rings. The summed E-state index contributed by atoms with van der Waals surface area (Å²) < 4.78 is 23.7. The first kappa shape index (κ1) is 19.1. The smallest absolute Gasteiger partial charge is 0.255 e. The molecule has 0 atom stereocenters. The van der Waals surface area contributed by atoms with E-state index in [0.29, 0.717) is 41.2 Å². The van der Waals surface area contributed by atoms with Gasteiger partial charge in [-0.2, -0.15) is 0 Å². The van der Waals surface area contributed by atoms with Gasteiger partial charge in [-0.1, -0.05) is 12.1 Å². The number of hydrogen-bond acceptors (Lipinski definition) is 4. The molecule has 0 radical (unpaired) electrons. The van der Waals surface area contributed by atoms with Crippen molar-refractivity contribution in [2.24, 2.45) is 0 Å². The second kappa shape index (κ2) is 8.81. The molecule has 0 unspecified atom stereocenters.